The molecule has 0 bridgehead atoms. The molecule has 0 saturated carbocycles. The van der Waals surface area contributed by atoms with Gasteiger partial charge in [0.25, 0.3) is 5.91 Å². The molecule has 1 amide bonds. The Balaban J connectivity index is 1.26. The number of hydrogen-bond acceptors (Lipinski definition) is 6. The van der Waals surface area contributed by atoms with E-state index >= 15 is 0 Å². The van der Waals surface area contributed by atoms with Crippen molar-refractivity contribution < 1.29 is 22.3 Å². The number of ether oxygens (including phenoxy) is 1. The highest BCUT2D eigenvalue weighted by atomic mass is 32.2. The molecule has 1 aliphatic rings. The van der Waals surface area contributed by atoms with E-state index in [1.165, 1.54) is 59.9 Å². The molecular formula is C27H21FN2O4S2. The molecule has 6 nitrogen and oxygen atoms in total. The first-order chi connectivity index (χ1) is 17.4. The molecular weight excluding hydrogens is 499 g/mol. The third kappa shape index (κ3) is 5.17. The number of benzene rings is 3. The van der Waals surface area contributed by atoms with Gasteiger partial charge in [0.15, 0.2) is 0 Å². The molecule has 36 heavy (non-hydrogen) atoms. The highest BCUT2D eigenvalue weighted by Gasteiger charge is 2.19. The number of halogens is 1. The Morgan fingerprint density at radius 1 is 0.972 bits per heavy atom. The highest BCUT2D eigenvalue weighted by molar-refractivity contribution is 7.91. The van der Waals surface area contributed by atoms with Crippen LogP contribution in [0.1, 0.15) is 15.2 Å². The second kappa shape index (κ2) is 9.96. The van der Waals surface area contributed by atoms with Gasteiger partial charge in [-0.3, -0.25) is 4.79 Å². The van der Waals surface area contributed by atoms with Crippen LogP contribution in [0.4, 0.5) is 4.39 Å². The number of thiophene rings is 1. The fourth-order valence-electron chi connectivity index (χ4n) is 3.66. The molecule has 0 fully saturated rings. The van der Waals surface area contributed by atoms with E-state index in [2.05, 4.69) is 10.6 Å². The van der Waals surface area contributed by atoms with Gasteiger partial charge in [0.05, 0.1) is 19.2 Å². The zero-order valence-electron chi connectivity index (χ0n) is 18.9. The fourth-order valence-corrected chi connectivity index (χ4v) is 5.95. The average molecular weight is 521 g/mol. The third-order valence-electron chi connectivity index (χ3n) is 5.54. The molecule has 0 saturated heterocycles. The second-order valence-electron chi connectivity index (χ2n) is 8.05. The van der Waals surface area contributed by atoms with Gasteiger partial charge in [-0.1, -0.05) is 24.3 Å². The minimum Gasteiger partial charge on any atom is -0.457 e. The lowest BCUT2D eigenvalue weighted by Gasteiger charge is -2.10. The Morgan fingerprint density at radius 2 is 1.75 bits per heavy atom. The number of amides is 1. The smallest absolute Gasteiger partial charge is 0.261 e. The molecule has 0 aliphatic carbocycles. The van der Waals surface area contributed by atoms with Gasteiger partial charge in [0, 0.05) is 19.3 Å². The van der Waals surface area contributed by atoms with Crippen molar-refractivity contribution in [3.8, 4) is 11.5 Å². The fraction of sp³-hybridized carbons (Fsp3) is 0.0741. The first-order valence-corrected chi connectivity index (χ1v) is 13.4. The van der Waals surface area contributed by atoms with Crippen molar-refractivity contribution in [1.29, 1.82) is 0 Å². The molecule has 1 aromatic heterocycles. The van der Waals surface area contributed by atoms with E-state index in [1.54, 1.807) is 24.3 Å². The molecule has 9 heteroatoms. The summed E-state index contributed by atoms with van der Waals surface area (Å²) in [5, 5.41) is 7.05. The minimum absolute atomic E-state index is 0.0768. The zero-order chi connectivity index (χ0) is 25.1. The summed E-state index contributed by atoms with van der Waals surface area (Å²) in [6.07, 6.45) is 3.94. The molecule has 3 aromatic carbocycles. The monoisotopic (exact) mass is 520 g/mol. The lowest BCUT2D eigenvalue weighted by molar-refractivity contribution is 0.0955. The average Bonchev–Trinajstić information content (AvgIpc) is 3.34. The van der Waals surface area contributed by atoms with Crippen LogP contribution in [0.15, 0.2) is 88.7 Å². The molecule has 5 rings (SSSR count). The molecule has 0 atom stereocenters. The molecule has 4 aromatic rings. The number of rotatable bonds is 7. The van der Waals surface area contributed by atoms with E-state index in [0.29, 0.717) is 16.4 Å². The highest BCUT2D eigenvalue weighted by Crippen LogP contribution is 2.27. The van der Waals surface area contributed by atoms with Crippen LogP contribution < -0.4 is 25.1 Å². The van der Waals surface area contributed by atoms with Crippen LogP contribution in [-0.4, -0.2) is 20.9 Å². The van der Waals surface area contributed by atoms with E-state index < -0.39 is 9.84 Å². The number of fused-ring (bicyclic) bond motifs is 1. The number of nitrogens with one attached hydrogen (secondary N) is 2. The zero-order valence-corrected chi connectivity index (χ0v) is 20.5. The summed E-state index contributed by atoms with van der Waals surface area (Å²) in [7, 11) is -3.79. The van der Waals surface area contributed by atoms with Crippen molar-refractivity contribution >= 4 is 39.4 Å². The first kappa shape index (κ1) is 23.8. The second-order valence-corrected chi connectivity index (χ2v) is 11.1. The molecule has 2 N–H and O–H groups in total. The summed E-state index contributed by atoms with van der Waals surface area (Å²) in [6, 6.07) is 19.9. The van der Waals surface area contributed by atoms with Crippen LogP contribution in [0.25, 0.3) is 12.3 Å². The Morgan fingerprint density at radius 3 is 2.50 bits per heavy atom. The summed E-state index contributed by atoms with van der Waals surface area (Å²) in [5.74, 6) is 0.156. The molecule has 182 valence electrons. The third-order valence-corrected chi connectivity index (χ3v) is 8.40. The van der Waals surface area contributed by atoms with Crippen molar-refractivity contribution in [2.45, 2.75) is 16.3 Å². The van der Waals surface area contributed by atoms with Gasteiger partial charge in [-0.25, -0.2) is 12.8 Å². The van der Waals surface area contributed by atoms with Gasteiger partial charge in [0.2, 0.25) is 9.84 Å². The Bertz CT molecular complexity index is 1610. The van der Waals surface area contributed by atoms with Gasteiger partial charge in [0.1, 0.15) is 17.3 Å². The number of hydrogen-bond donors (Lipinski definition) is 2. The molecule has 0 radical (unpaired) electrons. The van der Waals surface area contributed by atoms with Crippen LogP contribution in [0.5, 0.6) is 11.5 Å². The minimum atomic E-state index is -3.79. The van der Waals surface area contributed by atoms with Gasteiger partial charge < -0.3 is 15.4 Å². The number of carbonyl (C=O) groups is 1. The Kier molecular flexibility index (Phi) is 6.58. The summed E-state index contributed by atoms with van der Waals surface area (Å²) >= 11 is 1.42. The topological polar surface area (TPSA) is 84.5 Å². The standard InChI is InChI=1S/C27H21FN2O4S2/c28-20-6-8-21(9-7-20)34-22-2-1-3-24(15-22)36(32,33)23-10-4-18(5-11-23)16-30-27(31)25-14-19-12-13-29-17-26(19)35-25/h1-12,14-15,17,29H,13,16H2,(H,30,31). The Labute approximate surface area is 211 Å². The van der Waals surface area contributed by atoms with Crippen LogP contribution in [-0.2, 0) is 16.4 Å². The predicted molar refractivity (Wildman–Crippen MR) is 136 cm³/mol. The van der Waals surface area contributed by atoms with Gasteiger partial charge in [-0.2, -0.15) is 0 Å². The Hall–Kier alpha value is -3.95. The van der Waals surface area contributed by atoms with Crippen molar-refractivity contribution in [3.05, 3.63) is 105 Å². The summed E-state index contributed by atoms with van der Waals surface area (Å²) in [5.41, 5.74) is 0.775. The van der Waals surface area contributed by atoms with Crippen molar-refractivity contribution in [2.75, 3.05) is 6.54 Å². The number of sulfone groups is 1. The predicted octanol–water partition coefficient (Wildman–Crippen LogP) is 3.56. The van der Waals surface area contributed by atoms with Crippen molar-refractivity contribution in [1.82, 2.24) is 10.6 Å². The van der Waals surface area contributed by atoms with Crippen LogP contribution in [0.2, 0.25) is 0 Å². The van der Waals surface area contributed by atoms with E-state index in [-0.39, 0.29) is 28.1 Å². The molecule has 2 heterocycles. The first-order valence-electron chi connectivity index (χ1n) is 11.1. The SMILES string of the molecule is O=C(NCc1ccc(S(=O)(=O)c2cccc(Oc3ccc(F)cc3)c2)cc1)c1cc2c(s1)=CNCC=2. The van der Waals surface area contributed by atoms with E-state index in [9.17, 15) is 17.6 Å². The summed E-state index contributed by atoms with van der Waals surface area (Å²) < 4.78 is 46.1. The normalized spacial score (nSPS) is 12.5. The van der Waals surface area contributed by atoms with Gasteiger partial charge in [-0.05, 0) is 71.4 Å². The number of carbonyl (C=O) groups excluding carboxylic acids is 1. The van der Waals surface area contributed by atoms with Crippen molar-refractivity contribution in [2.24, 2.45) is 0 Å². The quantitative estimate of drug-likeness (QED) is 0.389. The van der Waals surface area contributed by atoms with Crippen LogP contribution in [0, 0.1) is 5.82 Å². The van der Waals surface area contributed by atoms with Gasteiger partial charge >= 0.3 is 0 Å². The van der Waals surface area contributed by atoms with Crippen LogP contribution >= 0.6 is 11.3 Å². The maximum atomic E-state index is 13.2. The van der Waals surface area contributed by atoms with E-state index in [4.69, 9.17) is 4.74 Å². The van der Waals surface area contributed by atoms with E-state index in [1.807, 2.05) is 18.3 Å². The molecule has 0 unspecified atom stereocenters. The maximum Gasteiger partial charge on any atom is 0.261 e. The molecule has 0 spiro atoms. The van der Waals surface area contributed by atoms with Crippen LogP contribution in [0.3, 0.4) is 0 Å². The summed E-state index contributed by atoms with van der Waals surface area (Å²) in [6.45, 7) is 1.01. The van der Waals surface area contributed by atoms with Crippen molar-refractivity contribution in [3.63, 3.8) is 0 Å². The van der Waals surface area contributed by atoms with E-state index in [0.717, 1.165) is 21.9 Å². The lowest BCUT2D eigenvalue weighted by atomic mass is 10.2. The maximum absolute atomic E-state index is 13.2. The van der Waals surface area contributed by atoms with Gasteiger partial charge in [-0.15, -0.1) is 11.3 Å². The lowest BCUT2D eigenvalue weighted by Crippen LogP contribution is -2.28. The largest absolute Gasteiger partial charge is 0.457 e. The summed E-state index contributed by atoms with van der Waals surface area (Å²) in [4.78, 5) is 13.4. The molecule has 1 aliphatic heterocycles.